The Hall–Kier alpha value is 0.177. The number of ether oxygens (including phenoxy) is 1. The van der Waals surface area contributed by atoms with Gasteiger partial charge in [0.1, 0.15) is 0 Å². The lowest BCUT2D eigenvalue weighted by atomic mass is 9.95. The molecule has 1 aliphatic heterocycles. The lowest BCUT2D eigenvalue weighted by Gasteiger charge is -2.36. The molecular weight excluding hydrogens is 176 g/mol. The highest BCUT2D eigenvalue weighted by Crippen LogP contribution is 2.35. The Balaban J connectivity index is 1.83. The second-order valence-corrected chi connectivity index (χ2v) is 6.93. The topological polar surface area (TPSA) is 9.23 Å². The Bertz CT molecular complexity index is 157. The van der Waals surface area contributed by atoms with Gasteiger partial charge in [0.25, 0.3) is 0 Å². The summed E-state index contributed by atoms with van der Waals surface area (Å²) < 4.78 is 5.99. The zero-order chi connectivity index (χ0) is 9.15. The van der Waals surface area contributed by atoms with Crippen molar-refractivity contribution in [2.45, 2.75) is 56.6 Å². The van der Waals surface area contributed by atoms with E-state index in [0.29, 0.717) is 5.22 Å². The van der Waals surface area contributed by atoms with Gasteiger partial charge in [-0.05, 0) is 31.6 Å². The van der Waals surface area contributed by atoms with Crippen LogP contribution in [0.1, 0.15) is 51.4 Å². The molecule has 2 aliphatic rings. The van der Waals surface area contributed by atoms with Crippen molar-refractivity contribution in [2.75, 3.05) is 6.61 Å². The van der Waals surface area contributed by atoms with Crippen LogP contribution in [-0.2, 0) is 4.74 Å². The maximum absolute atomic E-state index is 5.99. The van der Waals surface area contributed by atoms with Crippen LogP contribution in [0.2, 0.25) is 0 Å². The van der Waals surface area contributed by atoms with Crippen molar-refractivity contribution in [3.8, 4) is 0 Å². The van der Waals surface area contributed by atoms with Crippen molar-refractivity contribution in [3.63, 3.8) is 0 Å². The lowest BCUT2D eigenvalue weighted by molar-refractivity contribution is -0.0316. The van der Waals surface area contributed by atoms with Gasteiger partial charge in [-0.15, -0.1) is 0 Å². The van der Waals surface area contributed by atoms with Crippen LogP contribution in [0.15, 0.2) is 0 Å². The minimum Gasteiger partial charge on any atom is -0.380 e. The summed E-state index contributed by atoms with van der Waals surface area (Å²) in [6, 6.07) is 0. The Morgan fingerprint density at radius 1 is 1.15 bits per heavy atom. The zero-order valence-corrected chi connectivity index (χ0v) is 10.8. The Kier molecular flexibility index (Phi) is 3.09. The summed E-state index contributed by atoms with van der Waals surface area (Å²) in [5.41, 5.74) is 0. The van der Waals surface area contributed by atoms with Crippen LogP contribution in [0, 0.1) is 5.92 Å². The molecule has 0 bridgehead atoms. The fourth-order valence-corrected chi connectivity index (χ4v) is 4.11. The van der Waals surface area contributed by atoms with Gasteiger partial charge in [0.2, 0.25) is 0 Å². The van der Waals surface area contributed by atoms with Crippen LogP contribution in [0.25, 0.3) is 0 Å². The van der Waals surface area contributed by atoms with Crippen molar-refractivity contribution < 1.29 is 4.74 Å². The number of rotatable bonds is 2. The summed E-state index contributed by atoms with van der Waals surface area (Å²) in [4.78, 5) is 0. The molecule has 1 nitrogen and oxygen atoms in total. The SMILES string of the molecule is [SiH3]C1(CC2CCCC2)CCCCO1. The smallest absolute Gasteiger partial charge is 0.0488 e. The predicted octanol–water partition coefficient (Wildman–Crippen LogP) is 1.83. The molecule has 0 amide bonds. The van der Waals surface area contributed by atoms with Gasteiger partial charge in [0.05, 0.1) is 0 Å². The molecular formula is C11H22OSi. The van der Waals surface area contributed by atoms with E-state index in [1.807, 2.05) is 0 Å². The molecule has 0 N–H and O–H groups in total. The lowest BCUT2D eigenvalue weighted by Crippen LogP contribution is -2.38. The van der Waals surface area contributed by atoms with Crippen LogP contribution in [0.5, 0.6) is 0 Å². The highest BCUT2D eigenvalue weighted by Gasteiger charge is 2.31. The van der Waals surface area contributed by atoms with Gasteiger partial charge in [-0.3, -0.25) is 0 Å². The zero-order valence-electron chi connectivity index (χ0n) is 8.85. The molecule has 1 saturated carbocycles. The molecule has 0 aromatic heterocycles. The van der Waals surface area contributed by atoms with Crippen LogP contribution in [-0.4, -0.2) is 22.1 Å². The standard InChI is InChI=1S/C11H22OSi/c13-11(7-3-4-8-12-11)9-10-5-1-2-6-10/h10H,1-9H2,13H3. The quantitative estimate of drug-likeness (QED) is 0.615. The molecule has 1 saturated heterocycles. The van der Waals surface area contributed by atoms with Gasteiger partial charge in [-0.2, -0.15) is 0 Å². The summed E-state index contributed by atoms with van der Waals surface area (Å²) >= 11 is 0. The van der Waals surface area contributed by atoms with E-state index in [0.717, 1.165) is 12.5 Å². The molecule has 2 heteroatoms. The van der Waals surface area contributed by atoms with Gasteiger partial charge in [-0.1, -0.05) is 25.7 Å². The van der Waals surface area contributed by atoms with E-state index < -0.39 is 0 Å². The molecule has 0 spiro atoms. The molecule has 0 radical (unpaired) electrons. The largest absolute Gasteiger partial charge is 0.380 e. The van der Waals surface area contributed by atoms with Crippen molar-refractivity contribution in [1.82, 2.24) is 0 Å². The number of hydrogen-bond acceptors (Lipinski definition) is 1. The Morgan fingerprint density at radius 2 is 1.92 bits per heavy atom. The fourth-order valence-electron chi connectivity index (χ4n) is 2.98. The Morgan fingerprint density at radius 3 is 2.54 bits per heavy atom. The normalized spacial score (nSPS) is 36.9. The predicted molar refractivity (Wildman–Crippen MR) is 59.0 cm³/mol. The average Bonchev–Trinajstić information content (AvgIpc) is 2.57. The van der Waals surface area contributed by atoms with Gasteiger partial charge in [-0.25, -0.2) is 0 Å². The average molecular weight is 198 g/mol. The first-order chi connectivity index (χ1) is 6.29. The minimum atomic E-state index is 0.382. The minimum absolute atomic E-state index is 0.382. The number of hydrogen-bond donors (Lipinski definition) is 0. The monoisotopic (exact) mass is 198 g/mol. The van der Waals surface area contributed by atoms with E-state index in [1.165, 1.54) is 61.6 Å². The molecule has 1 unspecified atom stereocenters. The molecule has 1 atom stereocenters. The first kappa shape index (κ1) is 9.72. The van der Waals surface area contributed by atoms with Crippen LogP contribution < -0.4 is 0 Å². The van der Waals surface area contributed by atoms with E-state index in [9.17, 15) is 0 Å². The maximum atomic E-state index is 5.99. The summed E-state index contributed by atoms with van der Waals surface area (Å²) in [5.74, 6) is 1.01. The highest BCUT2D eigenvalue weighted by molar-refractivity contribution is 6.14. The van der Waals surface area contributed by atoms with E-state index in [-0.39, 0.29) is 0 Å². The molecule has 0 aromatic rings. The van der Waals surface area contributed by atoms with E-state index in [4.69, 9.17) is 4.74 Å². The van der Waals surface area contributed by atoms with Crippen molar-refractivity contribution in [2.24, 2.45) is 5.92 Å². The molecule has 2 rings (SSSR count). The van der Waals surface area contributed by atoms with Crippen molar-refractivity contribution in [1.29, 1.82) is 0 Å². The molecule has 1 aliphatic carbocycles. The molecule has 76 valence electrons. The molecule has 0 aromatic carbocycles. The van der Waals surface area contributed by atoms with Gasteiger partial charge in [0.15, 0.2) is 0 Å². The first-order valence-electron chi connectivity index (χ1n) is 5.92. The third kappa shape index (κ3) is 2.56. The van der Waals surface area contributed by atoms with Crippen LogP contribution >= 0.6 is 0 Å². The highest BCUT2D eigenvalue weighted by atomic mass is 28.1. The summed E-state index contributed by atoms with van der Waals surface area (Å²) in [7, 11) is 1.24. The van der Waals surface area contributed by atoms with Gasteiger partial charge >= 0.3 is 0 Å². The summed E-state index contributed by atoms with van der Waals surface area (Å²) in [6.45, 7) is 1.04. The second kappa shape index (κ2) is 4.14. The summed E-state index contributed by atoms with van der Waals surface area (Å²) in [5, 5.41) is 0.382. The maximum Gasteiger partial charge on any atom is 0.0488 e. The van der Waals surface area contributed by atoms with Gasteiger partial charge in [0, 0.05) is 22.1 Å². The third-order valence-electron chi connectivity index (χ3n) is 3.75. The summed E-state index contributed by atoms with van der Waals surface area (Å²) in [6.07, 6.45) is 11.4. The van der Waals surface area contributed by atoms with Crippen molar-refractivity contribution in [3.05, 3.63) is 0 Å². The van der Waals surface area contributed by atoms with Crippen LogP contribution in [0.3, 0.4) is 0 Å². The van der Waals surface area contributed by atoms with E-state index >= 15 is 0 Å². The Labute approximate surface area is 84.7 Å². The van der Waals surface area contributed by atoms with E-state index in [1.54, 1.807) is 0 Å². The van der Waals surface area contributed by atoms with Crippen molar-refractivity contribution >= 4 is 10.2 Å². The molecule has 2 fully saturated rings. The van der Waals surface area contributed by atoms with Gasteiger partial charge < -0.3 is 4.74 Å². The third-order valence-corrected chi connectivity index (χ3v) is 4.94. The van der Waals surface area contributed by atoms with E-state index in [2.05, 4.69) is 0 Å². The molecule has 13 heavy (non-hydrogen) atoms. The molecule has 1 heterocycles. The first-order valence-corrected chi connectivity index (χ1v) is 6.92. The fraction of sp³-hybridized carbons (Fsp3) is 1.00. The van der Waals surface area contributed by atoms with Crippen LogP contribution in [0.4, 0.5) is 0 Å². The second-order valence-electron chi connectivity index (χ2n) is 5.11.